The van der Waals surface area contributed by atoms with Crippen molar-refractivity contribution in [2.45, 2.75) is 39.9 Å². The van der Waals surface area contributed by atoms with E-state index in [2.05, 4.69) is 4.98 Å². The molecule has 0 saturated heterocycles. The minimum absolute atomic E-state index is 0.347. The molecule has 0 saturated carbocycles. The predicted molar refractivity (Wildman–Crippen MR) is 136 cm³/mol. The highest BCUT2D eigenvalue weighted by Crippen LogP contribution is 2.37. The number of carbonyl (C=O) groups is 1. The summed E-state index contributed by atoms with van der Waals surface area (Å²) in [6.07, 6.45) is 4.50. The fraction of sp³-hybridized carbons (Fsp3) is 0.286. The zero-order valence-electron chi connectivity index (χ0n) is 20.7. The van der Waals surface area contributed by atoms with Gasteiger partial charge >= 0.3 is 6.09 Å². The number of hydrogen-bond donors (Lipinski definition) is 0. The lowest BCUT2D eigenvalue weighted by atomic mass is 10.1. The first-order valence-corrected chi connectivity index (χ1v) is 11.5. The van der Waals surface area contributed by atoms with Crippen molar-refractivity contribution in [3.8, 4) is 5.75 Å². The standard InChI is InChI=1S/C28H30N2O5/c1-6-33-18-26(34-17-19-10-8-7-9-11-19)21-14-24-20(15-25(21)32-5)22-16-29-13-12-23(22)30(24)27(31)35-28(2,3)4/h7-16,18H,6,17H2,1-5H3/b26-18+. The zero-order chi connectivity index (χ0) is 25.0. The third kappa shape index (κ3) is 5.24. The van der Waals surface area contributed by atoms with Crippen molar-refractivity contribution in [1.29, 1.82) is 0 Å². The molecule has 2 aromatic heterocycles. The number of aromatic nitrogens is 2. The highest BCUT2D eigenvalue weighted by atomic mass is 16.6. The Morgan fingerprint density at radius 3 is 2.51 bits per heavy atom. The maximum atomic E-state index is 13.3. The van der Waals surface area contributed by atoms with Crippen molar-refractivity contribution in [2.75, 3.05) is 13.7 Å². The number of methoxy groups -OCH3 is 1. The Bertz CT molecular complexity index is 1370. The van der Waals surface area contributed by atoms with E-state index in [1.807, 2.05) is 70.2 Å². The molecule has 0 bridgehead atoms. The van der Waals surface area contributed by atoms with E-state index in [0.29, 0.717) is 41.3 Å². The summed E-state index contributed by atoms with van der Waals surface area (Å²) in [7, 11) is 1.60. The van der Waals surface area contributed by atoms with E-state index in [4.69, 9.17) is 18.9 Å². The summed E-state index contributed by atoms with van der Waals surface area (Å²) in [5.41, 5.74) is 2.38. The van der Waals surface area contributed by atoms with E-state index in [1.165, 1.54) is 0 Å². The number of benzene rings is 2. The number of pyridine rings is 1. The number of hydrogen-bond acceptors (Lipinski definition) is 6. The van der Waals surface area contributed by atoms with Crippen LogP contribution in [0.3, 0.4) is 0 Å². The van der Waals surface area contributed by atoms with Crippen molar-refractivity contribution in [1.82, 2.24) is 9.55 Å². The summed E-state index contributed by atoms with van der Waals surface area (Å²) in [4.78, 5) is 17.6. The third-order valence-corrected chi connectivity index (χ3v) is 5.32. The molecule has 0 spiro atoms. The van der Waals surface area contributed by atoms with Gasteiger partial charge in [0, 0.05) is 23.2 Å². The Labute approximate surface area is 204 Å². The number of ether oxygens (including phenoxy) is 4. The van der Waals surface area contributed by atoms with Gasteiger partial charge in [0.15, 0.2) is 5.76 Å². The van der Waals surface area contributed by atoms with Crippen molar-refractivity contribution >= 4 is 33.7 Å². The topological polar surface area (TPSA) is 71.8 Å². The molecule has 4 rings (SSSR count). The quantitative estimate of drug-likeness (QED) is 0.284. The molecule has 0 aliphatic rings. The summed E-state index contributed by atoms with van der Waals surface area (Å²) in [5, 5.41) is 1.64. The number of rotatable bonds is 7. The van der Waals surface area contributed by atoms with E-state index in [-0.39, 0.29) is 0 Å². The van der Waals surface area contributed by atoms with Crippen LogP contribution in [-0.4, -0.2) is 35.0 Å². The van der Waals surface area contributed by atoms with Gasteiger partial charge in [-0.1, -0.05) is 30.3 Å². The maximum absolute atomic E-state index is 13.3. The summed E-state index contributed by atoms with van der Waals surface area (Å²) < 4.78 is 24.8. The Morgan fingerprint density at radius 1 is 1.06 bits per heavy atom. The van der Waals surface area contributed by atoms with Gasteiger partial charge in [0.05, 0.1) is 30.3 Å². The fourth-order valence-corrected chi connectivity index (χ4v) is 3.82. The van der Waals surface area contributed by atoms with Gasteiger partial charge < -0.3 is 18.9 Å². The van der Waals surface area contributed by atoms with Gasteiger partial charge in [-0.15, -0.1) is 0 Å². The molecular weight excluding hydrogens is 444 g/mol. The molecule has 0 aliphatic heterocycles. The monoisotopic (exact) mass is 474 g/mol. The van der Waals surface area contributed by atoms with Gasteiger partial charge in [-0.2, -0.15) is 0 Å². The first-order chi connectivity index (χ1) is 16.8. The van der Waals surface area contributed by atoms with E-state index < -0.39 is 11.7 Å². The van der Waals surface area contributed by atoms with Crippen LogP contribution < -0.4 is 4.74 Å². The van der Waals surface area contributed by atoms with Gasteiger partial charge in [0.2, 0.25) is 0 Å². The van der Waals surface area contributed by atoms with Crippen molar-refractivity contribution < 1.29 is 23.7 Å². The largest absolute Gasteiger partial charge is 0.498 e. The van der Waals surface area contributed by atoms with Crippen molar-refractivity contribution in [2.24, 2.45) is 0 Å². The summed E-state index contributed by atoms with van der Waals surface area (Å²) >= 11 is 0. The Balaban J connectivity index is 1.88. The smallest absolute Gasteiger partial charge is 0.419 e. The Morgan fingerprint density at radius 2 is 1.83 bits per heavy atom. The molecule has 0 unspecified atom stereocenters. The van der Waals surface area contributed by atoms with Crippen LogP contribution in [0, 0.1) is 0 Å². The van der Waals surface area contributed by atoms with Crippen LogP contribution in [0.1, 0.15) is 38.8 Å². The zero-order valence-corrected chi connectivity index (χ0v) is 20.7. The predicted octanol–water partition coefficient (Wildman–Crippen LogP) is 6.53. The highest BCUT2D eigenvalue weighted by molar-refractivity contribution is 6.13. The molecule has 0 atom stereocenters. The van der Waals surface area contributed by atoms with Crippen LogP contribution in [0.25, 0.3) is 27.6 Å². The van der Waals surface area contributed by atoms with Crippen LogP contribution in [-0.2, 0) is 20.8 Å². The van der Waals surface area contributed by atoms with Crippen LogP contribution >= 0.6 is 0 Å². The van der Waals surface area contributed by atoms with Crippen LogP contribution in [0.15, 0.2) is 67.2 Å². The molecule has 7 heteroatoms. The maximum Gasteiger partial charge on any atom is 0.419 e. The minimum Gasteiger partial charge on any atom is -0.498 e. The molecule has 182 valence electrons. The molecule has 4 aromatic rings. The second-order valence-electron chi connectivity index (χ2n) is 8.99. The average molecular weight is 475 g/mol. The number of nitrogens with zero attached hydrogens (tertiary/aromatic N) is 2. The first-order valence-electron chi connectivity index (χ1n) is 11.5. The normalized spacial score (nSPS) is 12.1. The molecule has 0 radical (unpaired) electrons. The molecule has 0 amide bonds. The lowest BCUT2D eigenvalue weighted by Gasteiger charge is -2.20. The van der Waals surface area contributed by atoms with Gasteiger partial charge in [-0.3, -0.25) is 4.98 Å². The lowest BCUT2D eigenvalue weighted by molar-refractivity contribution is 0.0551. The minimum atomic E-state index is -0.652. The molecule has 0 N–H and O–H groups in total. The van der Waals surface area contributed by atoms with Gasteiger partial charge in [0.1, 0.15) is 24.2 Å². The van der Waals surface area contributed by atoms with Crippen molar-refractivity contribution in [3.63, 3.8) is 0 Å². The number of carbonyl (C=O) groups excluding carboxylic acids is 1. The highest BCUT2D eigenvalue weighted by Gasteiger charge is 2.24. The molecule has 35 heavy (non-hydrogen) atoms. The van der Waals surface area contributed by atoms with E-state index in [1.54, 1.807) is 36.4 Å². The number of fused-ring (bicyclic) bond motifs is 3. The van der Waals surface area contributed by atoms with Crippen molar-refractivity contribution in [3.05, 3.63) is 78.3 Å². The molecule has 7 nitrogen and oxygen atoms in total. The first kappa shape index (κ1) is 24.1. The van der Waals surface area contributed by atoms with E-state index in [9.17, 15) is 4.79 Å². The summed E-state index contributed by atoms with van der Waals surface area (Å²) in [6, 6.07) is 15.4. The van der Waals surface area contributed by atoms with E-state index >= 15 is 0 Å². The Hall–Kier alpha value is -4.00. The SMILES string of the molecule is CCO/C=C(/OCc1ccccc1)c1cc2c(cc1OC)c1cnccc1n2C(=O)OC(C)(C)C. The van der Waals surface area contributed by atoms with Crippen LogP contribution in [0.5, 0.6) is 5.75 Å². The van der Waals surface area contributed by atoms with Crippen LogP contribution in [0.4, 0.5) is 4.79 Å². The molecule has 2 aromatic carbocycles. The van der Waals surface area contributed by atoms with E-state index in [0.717, 1.165) is 16.3 Å². The van der Waals surface area contributed by atoms with Gasteiger partial charge in [0.25, 0.3) is 0 Å². The second kappa shape index (κ2) is 10.1. The Kier molecular flexibility index (Phi) is 6.96. The fourth-order valence-electron chi connectivity index (χ4n) is 3.82. The average Bonchev–Trinajstić information content (AvgIpc) is 3.16. The molecule has 2 heterocycles. The van der Waals surface area contributed by atoms with Gasteiger partial charge in [-0.25, -0.2) is 9.36 Å². The lowest BCUT2D eigenvalue weighted by Crippen LogP contribution is -2.27. The van der Waals surface area contributed by atoms with Gasteiger partial charge in [-0.05, 0) is 51.5 Å². The molecular formula is C28H30N2O5. The molecule has 0 aliphatic carbocycles. The van der Waals surface area contributed by atoms with Crippen LogP contribution in [0.2, 0.25) is 0 Å². The second-order valence-corrected chi connectivity index (χ2v) is 8.99. The third-order valence-electron chi connectivity index (χ3n) is 5.32. The molecule has 0 fully saturated rings. The summed E-state index contributed by atoms with van der Waals surface area (Å²) in [6.45, 7) is 8.26. The summed E-state index contributed by atoms with van der Waals surface area (Å²) in [5.74, 6) is 1.08.